The molecule has 0 saturated carbocycles. The number of hydrogen-bond acceptors (Lipinski definition) is 8. The van der Waals surface area contributed by atoms with E-state index >= 15 is 0 Å². The molecule has 2 aromatic heterocycles. The van der Waals surface area contributed by atoms with Crippen LogP contribution in [0, 0.1) is 13.8 Å². The number of aromatic nitrogens is 2. The van der Waals surface area contributed by atoms with Crippen molar-refractivity contribution in [3.8, 4) is 5.75 Å². The first-order valence-corrected chi connectivity index (χ1v) is 12.4. The number of H-pyrrole nitrogens is 1. The maximum Gasteiger partial charge on any atom is 0.348 e. The molecule has 0 bridgehead atoms. The summed E-state index contributed by atoms with van der Waals surface area (Å²) in [4.78, 5) is 35.3. The first-order valence-electron chi connectivity index (χ1n) is 11.6. The molecule has 188 valence electrons. The number of carbonyl (C=O) groups excluding carboxylic acids is 1. The van der Waals surface area contributed by atoms with Crippen LogP contribution in [0.2, 0.25) is 0 Å². The molecule has 8 nitrogen and oxygen atoms in total. The number of ether oxygens (including phenoxy) is 2. The Labute approximate surface area is 213 Å². The van der Waals surface area contributed by atoms with Crippen molar-refractivity contribution in [2.45, 2.75) is 33.0 Å². The Hall–Kier alpha value is -3.53. The summed E-state index contributed by atoms with van der Waals surface area (Å²) < 4.78 is 10.7. The van der Waals surface area contributed by atoms with E-state index in [-0.39, 0.29) is 12.2 Å². The van der Waals surface area contributed by atoms with Crippen LogP contribution in [0.5, 0.6) is 5.75 Å². The molecule has 2 aromatic carbocycles. The van der Waals surface area contributed by atoms with Crippen LogP contribution in [0.1, 0.15) is 32.2 Å². The van der Waals surface area contributed by atoms with Crippen LogP contribution in [0.4, 0.5) is 0 Å². The summed E-state index contributed by atoms with van der Waals surface area (Å²) in [5.74, 6) is 0.698. The van der Waals surface area contributed by atoms with E-state index < -0.39 is 12.1 Å². The molecule has 1 atom stereocenters. The van der Waals surface area contributed by atoms with E-state index in [0.29, 0.717) is 46.1 Å². The minimum absolute atomic E-state index is 0.131. The lowest BCUT2D eigenvalue weighted by Gasteiger charge is -2.25. The highest BCUT2D eigenvalue weighted by Gasteiger charge is 2.21. The third kappa shape index (κ3) is 5.99. The Morgan fingerprint density at radius 2 is 1.83 bits per heavy atom. The monoisotopic (exact) mass is 507 g/mol. The van der Waals surface area contributed by atoms with E-state index in [4.69, 9.17) is 9.47 Å². The number of para-hydroxylation sites is 1. The second-order valence-corrected chi connectivity index (χ2v) is 9.63. The van der Waals surface area contributed by atoms with Crippen LogP contribution >= 0.6 is 11.3 Å². The molecule has 2 heterocycles. The van der Waals surface area contributed by atoms with Crippen LogP contribution in [0.25, 0.3) is 10.2 Å². The first-order chi connectivity index (χ1) is 17.4. The summed E-state index contributed by atoms with van der Waals surface area (Å²) in [6.45, 7) is 4.95. The summed E-state index contributed by atoms with van der Waals surface area (Å²) in [7, 11) is 1.31. The molecule has 9 heteroatoms. The fourth-order valence-corrected chi connectivity index (χ4v) is 5.16. The molecule has 0 unspecified atom stereocenters. The summed E-state index contributed by atoms with van der Waals surface area (Å²) >= 11 is 1.14. The number of nitrogens with zero attached hydrogens (tertiary/aromatic N) is 2. The average molecular weight is 508 g/mol. The van der Waals surface area contributed by atoms with Crippen LogP contribution in [0.15, 0.2) is 59.4 Å². The number of benzene rings is 2. The predicted octanol–water partition coefficient (Wildman–Crippen LogP) is 3.83. The van der Waals surface area contributed by atoms with E-state index in [0.717, 1.165) is 28.2 Å². The minimum Gasteiger partial charge on any atom is -0.491 e. The highest BCUT2D eigenvalue weighted by molar-refractivity contribution is 7.20. The molecule has 0 fully saturated rings. The Morgan fingerprint density at radius 1 is 1.11 bits per heavy atom. The molecule has 0 aliphatic heterocycles. The van der Waals surface area contributed by atoms with Gasteiger partial charge in [0.15, 0.2) is 0 Å². The van der Waals surface area contributed by atoms with E-state index in [1.165, 1.54) is 7.11 Å². The molecule has 2 N–H and O–H groups in total. The van der Waals surface area contributed by atoms with Crippen LogP contribution in [0.3, 0.4) is 0 Å². The van der Waals surface area contributed by atoms with Crippen molar-refractivity contribution in [2.24, 2.45) is 0 Å². The lowest BCUT2D eigenvalue weighted by Crippen LogP contribution is -2.36. The second kappa shape index (κ2) is 11.5. The normalized spacial score (nSPS) is 12.1. The Balaban J connectivity index is 1.55. The molecule has 0 amide bonds. The largest absolute Gasteiger partial charge is 0.491 e. The number of hydrogen-bond donors (Lipinski definition) is 2. The van der Waals surface area contributed by atoms with Gasteiger partial charge in [-0.25, -0.2) is 9.78 Å². The van der Waals surface area contributed by atoms with Gasteiger partial charge in [-0.1, -0.05) is 48.5 Å². The van der Waals surface area contributed by atoms with Gasteiger partial charge in [-0.3, -0.25) is 9.69 Å². The third-order valence-corrected chi connectivity index (χ3v) is 7.00. The van der Waals surface area contributed by atoms with Crippen LogP contribution in [-0.4, -0.2) is 52.3 Å². The van der Waals surface area contributed by atoms with E-state index in [9.17, 15) is 14.7 Å². The van der Waals surface area contributed by atoms with E-state index in [1.807, 2.05) is 66.4 Å². The number of thiophene rings is 1. The number of carbonyl (C=O) groups is 1. The summed E-state index contributed by atoms with van der Waals surface area (Å²) in [6.07, 6.45) is -0.765. The van der Waals surface area contributed by atoms with Crippen molar-refractivity contribution in [3.63, 3.8) is 0 Å². The zero-order valence-electron chi connectivity index (χ0n) is 20.5. The van der Waals surface area contributed by atoms with Gasteiger partial charge < -0.3 is 19.6 Å². The number of methoxy groups -OCH3 is 1. The topological polar surface area (TPSA) is 105 Å². The standard InChI is InChI=1S/C27H29N3O5S/c1-17-9-7-8-12-21(17)35-16-20(31)14-30(13-19-10-5-4-6-11-19)15-22-28-25(32)23-18(2)24(27(33)34-3)36-26(23)29-22/h4-12,20,31H,13-16H2,1-3H3,(H,28,29,32)/t20-/m0/s1. The van der Waals surface area contributed by atoms with Gasteiger partial charge in [0, 0.05) is 13.1 Å². The Kier molecular flexibility index (Phi) is 8.14. The number of aliphatic hydroxyl groups is 1. The highest BCUT2D eigenvalue weighted by atomic mass is 32.1. The Morgan fingerprint density at radius 3 is 2.56 bits per heavy atom. The minimum atomic E-state index is -0.765. The maximum atomic E-state index is 12.9. The highest BCUT2D eigenvalue weighted by Crippen LogP contribution is 2.27. The van der Waals surface area contributed by atoms with Gasteiger partial charge in [-0.2, -0.15) is 0 Å². The number of aliphatic hydroxyl groups excluding tert-OH is 1. The van der Waals surface area contributed by atoms with Gasteiger partial charge in [0.05, 0.1) is 19.0 Å². The number of nitrogens with one attached hydrogen (secondary N) is 1. The van der Waals surface area contributed by atoms with Crippen LogP contribution in [-0.2, 0) is 17.8 Å². The lowest BCUT2D eigenvalue weighted by atomic mass is 10.2. The summed E-state index contributed by atoms with van der Waals surface area (Å²) in [5, 5.41) is 11.2. The van der Waals surface area contributed by atoms with E-state index in [2.05, 4.69) is 9.97 Å². The zero-order chi connectivity index (χ0) is 25.7. The third-order valence-electron chi connectivity index (χ3n) is 5.84. The lowest BCUT2D eigenvalue weighted by molar-refractivity contribution is 0.0604. The number of fused-ring (bicyclic) bond motifs is 1. The van der Waals surface area contributed by atoms with Gasteiger partial charge in [0.25, 0.3) is 5.56 Å². The van der Waals surface area contributed by atoms with Crippen molar-refractivity contribution in [2.75, 3.05) is 20.3 Å². The van der Waals surface area contributed by atoms with Gasteiger partial charge in [-0.05, 0) is 36.6 Å². The van der Waals surface area contributed by atoms with Crippen molar-refractivity contribution in [1.82, 2.24) is 14.9 Å². The number of aryl methyl sites for hydroxylation is 2. The fourth-order valence-electron chi connectivity index (χ4n) is 4.04. The quantitative estimate of drug-likeness (QED) is 0.314. The predicted molar refractivity (Wildman–Crippen MR) is 140 cm³/mol. The number of esters is 1. The molecule has 0 aliphatic carbocycles. The van der Waals surface area contributed by atoms with Crippen molar-refractivity contribution in [1.29, 1.82) is 0 Å². The SMILES string of the molecule is COC(=O)c1sc2nc(CN(Cc3ccccc3)C[C@H](O)COc3ccccc3C)[nH]c(=O)c2c1C. The van der Waals surface area contributed by atoms with Gasteiger partial charge in [0.2, 0.25) is 0 Å². The summed E-state index contributed by atoms with van der Waals surface area (Å²) in [5.41, 5.74) is 2.32. The van der Waals surface area contributed by atoms with Crippen molar-refractivity contribution in [3.05, 3.63) is 92.3 Å². The van der Waals surface area contributed by atoms with Crippen molar-refractivity contribution >= 4 is 27.5 Å². The second-order valence-electron chi connectivity index (χ2n) is 8.63. The number of aromatic amines is 1. The van der Waals surface area contributed by atoms with E-state index in [1.54, 1.807) is 6.92 Å². The molecule has 0 radical (unpaired) electrons. The average Bonchev–Trinajstić information content (AvgIpc) is 3.20. The molecule has 0 spiro atoms. The summed E-state index contributed by atoms with van der Waals surface area (Å²) in [6, 6.07) is 17.5. The molecule has 4 aromatic rings. The molecular formula is C27H29N3O5S. The fraction of sp³-hybridized carbons (Fsp3) is 0.296. The Bertz CT molecular complexity index is 1400. The van der Waals surface area contributed by atoms with Gasteiger partial charge in [0.1, 0.15) is 34.0 Å². The molecule has 0 saturated heterocycles. The van der Waals surface area contributed by atoms with Crippen molar-refractivity contribution < 1.29 is 19.4 Å². The first kappa shape index (κ1) is 25.6. The smallest absolute Gasteiger partial charge is 0.348 e. The molecule has 36 heavy (non-hydrogen) atoms. The number of rotatable bonds is 10. The molecular weight excluding hydrogens is 478 g/mol. The van der Waals surface area contributed by atoms with Gasteiger partial charge in [-0.15, -0.1) is 11.3 Å². The molecule has 0 aliphatic rings. The molecule has 4 rings (SSSR count). The van der Waals surface area contributed by atoms with Crippen LogP contribution < -0.4 is 10.3 Å². The maximum absolute atomic E-state index is 12.9. The zero-order valence-corrected chi connectivity index (χ0v) is 21.3. The van der Waals surface area contributed by atoms with Gasteiger partial charge >= 0.3 is 5.97 Å².